The first-order chi connectivity index (χ1) is 9.95. The zero-order chi connectivity index (χ0) is 15.4. The molecule has 3 nitrogen and oxygen atoms in total. The molecule has 0 radical (unpaired) electrons. The molecule has 2 rings (SSSR count). The summed E-state index contributed by atoms with van der Waals surface area (Å²) in [6.45, 7) is 1.52. The molecule has 21 heavy (non-hydrogen) atoms. The van der Waals surface area contributed by atoms with Crippen LogP contribution < -0.4 is 10.1 Å². The van der Waals surface area contributed by atoms with Gasteiger partial charge in [-0.3, -0.25) is 4.79 Å². The van der Waals surface area contributed by atoms with E-state index in [4.69, 9.17) is 4.74 Å². The largest absolute Gasteiger partial charge is 0.481 e. The van der Waals surface area contributed by atoms with Gasteiger partial charge in [0.1, 0.15) is 17.4 Å². The Morgan fingerprint density at radius 1 is 1.19 bits per heavy atom. The summed E-state index contributed by atoms with van der Waals surface area (Å²) < 4.78 is 32.3. The molecular formula is C15H12BrF2NO2. The Balaban J connectivity index is 2.00. The summed E-state index contributed by atoms with van der Waals surface area (Å²) >= 11 is 3.13. The molecule has 2 aromatic rings. The predicted molar refractivity (Wildman–Crippen MR) is 79.2 cm³/mol. The van der Waals surface area contributed by atoms with Gasteiger partial charge in [0.25, 0.3) is 5.91 Å². The van der Waals surface area contributed by atoms with Gasteiger partial charge in [0.2, 0.25) is 0 Å². The van der Waals surface area contributed by atoms with E-state index in [0.29, 0.717) is 10.2 Å². The highest BCUT2D eigenvalue weighted by Crippen LogP contribution is 2.20. The number of halogens is 3. The highest BCUT2D eigenvalue weighted by atomic mass is 79.9. The van der Waals surface area contributed by atoms with E-state index in [1.807, 2.05) is 0 Å². The lowest BCUT2D eigenvalue weighted by atomic mass is 10.2. The van der Waals surface area contributed by atoms with E-state index in [2.05, 4.69) is 21.2 Å². The average Bonchev–Trinajstić information content (AvgIpc) is 2.44. The first-order valence-electron chi connectivity index (χ1n) is 6.14. The first-order valence-corrected chi connectivity index (χ1v) is 6.93. The van der Waals surface area contributed by atoms with E-state index in [9.17, 15) is 13.6 Å². The van der Waals surface area contributed by atoms with Crippen molar-refractivity contribution in [3.05, 3.63) is 58.6 Å². The van der Waals surface area contributed by atoms with Crippen LogP contribution in [0.3, 0.4) is 0 Å². The summed E-state index contributed by atoms with van der Waals surface area (Å²) in [4.78, 5) is 11.9. The summed E-state index contributed by atoms with van der Waals surface area (Å²) in [7, 11) is 0. The third-order valence-electron chi connectivity index (χ3n) is 2.68. The highest BCUT2D eigenvalue weighted by Gasteiger charge is 2.16. The van der Waals surface area contributed by atoms with Crippen LogP contribution in [-0.4, -0.2) is 12.0 Å². The fraction of sp³-hybridized carbons (Fsp3) is 0.133. The van der Waals surface area contributed by atoms with E-state index in [0.717, 1.165) is 0 Å². The molecule has 1 amide bonds. The lowest BCUT2D eigenvalue weighted by Crippen LogP contribution is -2.30. The van der Waals surface area contributed by atoms with E-state index < -0.39 is 23.6 Å². The standard InChI is InChI=1S/C15H12BrF2NO2/c1-9(21-12-5-3-11(17)4-6-12)15(20)19-14-7-2-10(16)8-13(14)18/h2-9H,1H3,(H,19,20)/t9-/m1/s1. The number of benzene rings is 2. The molecule has 6 heteroatoms. The monoisotopic (exact) mass is 355 g/mol. The minimum Gasteiger partial charge on any atom is -0.481 e. The van der Waals surface area contributed by atoms with Crippen LogP contribution in [0.15, 0.2) is 46.9 Å². The number of carbonyl (C=O) groups is 1. The van der Waals surface area contributed by atoms with E-state index >= 15 is 0 Å². The van der Waals surface area contributed by atoms with Gasteiger partial charge in [-0.25, -0.2) is 8.78 Å². The van der Waals surface area contributed by atoms with Crippen LogP contribution in [0.5, 0.6) is 5.75 Å². The Hall–Kier alpha value is -1.95. The topological polar surface area (TPSA) is 38.3 Å². The number of anilines is 1. The van der Waals surface area contributed by atoms with Crippen LogP contribution in [-0.2, 0) is 4.79 Å². The Labute approximate surface area is 129 Å². The smallest absolute Gasteiger partial charge is 0.265 e. The Bertz CT molecular complexity index is 647. The van der Waals surface area contributed by atoms with E-state index in [1.54, 1.807) is 6.07 Å². The van der Waals surface area contributed by atoms with Gasteiger partial charge in [0.05, 0.1) is 5.69 Å². The summed E-state index contributed by atoms with van der Waals surface area (Å²) in [5.74, 6) is -1.08. The van der Waals surface area contributed by atoms with Crippen LogP contribution in [0.1, 0.15) is 6.92 Å². The molecule has 0 saturated carbocycles. The van der Waals surface area contributed by atoms with Crippen molar-refractivity contribution in [2.45, 2.75) is 13.0 Å². The third-order valence-corrected chi connectivity index (χ3v) is 3.18. The molecule has 1 atom stereocenters. The molecule has 0 unspecified atom stereocenters. The van der Waals surface area contributed by atoms with Gasteiger partial charge in [0, 0.05) is 4.47 Å². The zero-order valence-electron chi connectivity index (χ0n) is 11.1. The van der Waals surface area contributed by atoms with Crippen molar-refractivity contribution in [3.63, 3.8) is 0 Å². The number of hydrogen-bond acceptors (Lipinski definition) is 2. The van der Waals surface area contributed by atoms with Gasteiger partial charge >= 0.3 is 0 Å². The minimum absolute atomic E-state index is 0.0674. The van der Waals surface area contributed by atoms with Crippen LogP contribution in [0.25, 0.3) is 0 Å². The summed E-state index contributed by atoms with van der Waals surface area (Å²) in [5.41, 5.74) is 0.0674. The number of amides is 1. The Morgan fingerprint density at radius 2 is 1.86 bits per heavy atom. The molecule has 0 bridgehead atoms. The normalized spacial score (nSPS) is 11.8. The van der Waals surface area contributed by atoms with Crippen molar-refractivity contribution in [3.8, 4) is 5.75 Å². The lowest BCUT2D eigenvalue weighted by molar-refractivity contribution is -0.122. The maximum Gasteiger partial charge on any atom is 0.265 e. The second-order valence-electron chi connectivity index (χ2n) is 4.33. The first kappa shape index (κ1) is 15.4. The number of rotatable bonds is 4. The van der Waals surface area contributed by atoms with Gasteiger partial charge in [-0.2, -0.15) is 0 Å². The maximum absolute atomic E-state index is 13.6. The molecule has 0 saturated heterocycles. The highest BCUT2D eigenvalue weighted by molar-refractivity contribution is 9.10. The molecule has 0 aromatic heterocycles. The quantitative estimate of drug-likeness (QED) is 0.895. The molecule has 0 heterocycles. The van der Waals surface area contributed by atoms with Crippen molar-refractivity contribution in [2.75, 3.05) is 5.32 Å². The van der Waals surface area contributed by atoms with Crippen LogP contribution in [0, 0.1) is 11.6 Å². The van der Waals surface area contributed by atoms with Crippen molar-refractivity contribution in [1.29, 1.82) is 0 Å². The van der Waals surface area contributed by atoms with Crippen molar-refractivity contribution >= 4 is 27.5 Å². The van der Waals surface area contributed by atoms with Gasteiger partial charge in [-0.05, 0) is 49.4 Å². The number of hydrogen-bond donors (Lipinski definition) is 1. The molecule has 0 fully saturated rings. The molecule has 0 spiro atoms. The van der Waals surface area contributed by atoms with Crippen molar-refractivity contribution < 1.29 is 18.3 Å². The van der Waals surface area contributed by atoms with Crippen LogP contribution in [0.4, 0.5) is 14.5 Å². The second kappa shape index (κ2) is 6.67. The van der Waals surface area contributed by atoms with Gasteiger partial charge in [0.15, 0.2) is 6.10 Å². The third kappa shape index (κ3) is 4.26. The fourth-order valence-corrected chi connectivity index (χ4v) is 1.93. The molecular weight excluding hydrogens is 344 g/mol. The molecule has 0 aliphatic carbocycles. The molecule has 0 aliphatic rings. The fourth-order valence-electron chi connectivity index (χ4n) is 1.60. The van der Waals surface area contributed by atoms with Crippen molar-refractivity contribution in [1.82, 2.24) is 0 Å². The lowest BCUT2D eigenvalue weighted by Gasteiger charge is -2.15. The van der Waals surface area contributed by atoms with Crippen molar-refractivity contribution in [2.24, 2.45) is 0 Å². The van der Waals surface area contributed by atoms with E-state index in [-0.39, 0.29) is 5.69 Å². The predicted octanol–water partition coefficient (Wildman–Crippen LogP) is 4.13. The Kier molecular flexibility index (Phi) is 4.90. The number of carbonyl (C=O) groups excluding carboxylic acids is 1. The number of ether oxygens (including phenoxy) is 1. The maximum atomic E-state index is 13.6. The van der Waals surface area contributed by atoms with Crippen LogP contribution in [0.2, 0.25) is 0 Å². The summed E-state index contributed by atoms with van der Waals surface area (Å²) in [6, 6.07) is 9.61. The van der Waals surface area contributed by atoms with Crippen LogP contribution >= 0.6 is 15.9 Å². The average molecular weight is 356 g/mol. The zero-order valence-corrected chi connectivity index (χ0v) is 12.7. The number of nitrogens with one attached hydrogen (secondary N) is 1. The molecule has 0 aliphatic heterocycles. The molecule has 2 aromatic carbocycles. The van der Waals surface area contributed by atoms with E-state index in [1.165, 1.54) is 43.3 Å². The minimum atomic E-state index is -0.849. The summed E-state index contributed by atoms with van der Waals surface area (Å²) in [5, 5.41) is 2.43. The summed E-state index contributed by atoms with van der Waals surface area (Å²) in [6.07, 6.45) is -0.849. The Morgan fingerprint density at radius 3 is 2.48 bits per heavy atom. The van der Waals surface area contributed by atoms with Gasteiger partial charge in [-0.1, -0.05) is 15.9 Å². The molecule has 110 valence electrons. The molecule has 1 N–H and O–H groups in total. The van der Waals surface area contributed by atoms with Gasteiger partial charge < -0.3 is 10.1 Å². The van der Waals surface area contributed by atoms with Gasteiger partial charge in [-0.15, -0.1) is 0 Å². The SMILES string of the molecule is C[C@@H](Oc1ccc(F)cc1)C(=O)Nc1ccc(Br)cc1F. The second-order valence-corrected chi connectivity index (χ2v) is 5.24.